The van der Waals surface area contributed by atoms with Crippen LogP contribution in [0.15, 0.2) is 48.5 Å². The van der Waals surface area contributed by atoms with Gasteiger partial charge in [0.25, 0.3) is 11.6 Å². The third-order valence-corrected chi connectivity index (χ3v) is 3.68. The quantitative estimate of drug-likeness (QED) is 0.457. The largest absolute Gasteiger partial charge is 0.481 e. The van der Waals surface area contributed by atoms with Crippen LogP contribution in [0.4, 0.5) is 11.4 Å². The number of rotatable bonds is 6. The molecule has 0 aliphatic heterocycles. The van der Waals surface area contributed by atoms with E-state index in [1.54, 1.807) is 38.2 Å². The molecule has 0 spiro atoms. The number of carbonyl (C=O) groups is 2. The van der Waals surface area contributed by atoms with Crippen molar-refractivity contribution in [3.63, 3.8) is 0 Å². The van der Waals surface area contributed by atoms with Crippen molar-refractivity contribution in [3.8, 4) is 5.75 Å². The zero-order chi connectivity index (χ0) is 18.6. The van der Waals surface area contributed by atoms with Crippen LogP contribution in [0.1, 0.15) is 24.2 Å². The van der Waals surface area contributed by atoms with Crippen LogP contribution in [0.5, 0.6) is 5.75 Å². The minimum atomic E-state index is -0.789. The molecule has 0 aromatic heterocycles. The number of anilines is 1. The molecule has 0 aliphatic carbocycles. The second-order valence-corrected chi connectivity index (χ2v) is 5.51. The predicted molar refractivity (Wildman–Crippen MR) is 93.0 cm³/mol. The molecular weight excluding hydrogens is 324 g/mol. The Bertz CT molecular complexity index is 801. The Morgan fingerprint density at radius 2 is 1.80 bits per heavy atom. The molecule has 130 valence electrons. The second-order valence-electron chi connectivity index (χ2n) is 5.51. The van der Waals surface area contributed by atoms with E-state index in [2.05, 4.69) is 0 Å². The van der Waals surface area contributed by atoms with Gasteiger partial charge in [0.2, 0.25) is 0 Å². The van der Waals surface area contributed by atoms with Gasteiger partial charge in [0.1, 0.15) is 5.75 Å². The summed E-state index contributed by atoms with van der Waals surface area (Å²) in [6.45, 7) is 3.06. The van der Waals surface area contributed by atoms with E-state index in [4.69, 9.17) is 4.74 Å². The molecular formula is C18H18N2O5. The number of nitrogens with zero attached hydrogens (tertiary/aromatic N) is 2. The highest BCUT2D eigenvalue weighted by Crippen LogP contribution is 2.20. The summed E-state index contributed by atoms with van der Waals surface area (Å²) in [7, 11) is 1.56. The van der Waals surface area contributed by atoms with E-state index in [9.17, 15) is 19.7 Å². The minimum Gasteiger partial charge on any atom is -0.481 e. The Balaban J connectivity index is 2.09. The van der Waals surface area contributed by atoms with E-state index in [1.165, 1.54) is 36.1 Å². The first-order chi connectivity index (χ1) is 11.8. The highest BCUT2D eigenvalue weighted by atomic mass is 16.6. The molecule has 0 radical (unpaired) electrons. The fourth-order valence-electron chi connectivity index (χ4n) is 2.24. The van der Waals surface area contributed by atoms with E-state index in [-0.39, 0.29) is 17.4 Å². The monoisotopic (exact) mass is 342 g/mol. The molecule has 0 saturated heterocycles. The second kappa shape index (κ2) is 7.57. The fraction of sp³-hybridized carbons (Fsp3) is 0.222. The zero-order valence-corrected chi connectivity index (χ0v) is 14.1. The molecule has 0 N–H and O–H groups in total. The SMILES string of the molecule is CC(=O)c1cccc(OC(C)C(=O)N(C)c2ccc([N+](=O)[O-])cc2)c1. The summed E-state index contributed by atoms with van der Waals surface area (Å²) in [6, 6.07) is 12.3. The van der Waals surface area contributed by atoms with Crippen LogP contribution in [0.25, 0.3) is 0 Å². The van der Waals surface area contributed by atoms with Crippen molar-refractivity contribution in [2.45, 2.75) is 20.0 Å². The first-order valence-corrected chi connectivity index (χ1v) is 7.59. The number of ketones is 1. The molecule has 0 heterocycles. The van der Waals surface area contributed by atoms with Crippen LogP contribution in [0, 0.1) is 10.1 Å². The topological polar surface area (TPSA) is 89.8 Å². The Kier molecular flexibility index (Phi) is 5.49. The molecule has 1 atom stereocenters. The molecule has 0 fully saturated rings. The van der Waals surface area contributed by atoms with Crippen LogP contribution in [0.2, 0.25) is 0 Å². The molecule has 7 heteroatoms. The lowest BCUT2D eigenvalue weighted by Gasteiger charge is -2.22. The van der Waals surface area contributed by atoms with Gasteiger partial charge in [-0.3, -0.25) is 19.7 Å². The molecule has 0 aliphatic rings. The van der Waals surface area contributed by atoms with Crippen LogP contribution < -0.4 is 9.64 Å². The van der Waals surface area contributed by atoms with Crippen LogP contribution in [-0.4, -0.2) is 29.8 Å². The van der Waals surface area contributed by atoms with Crippen molar-refractivity contribution >= 4 is 23.1 Å². The molecule has 1 amide bonds. The smallest absolute Gasteiger partial charge is 0.269 e. The summed E-state index contributed by atoms with van der Waals surface area (Å²) in [5.41, 5.74) is 0.972. The first-order valence-electron chi connectivity index (χ1n) is 7.59. The third-order valence-electron chi connectivity index (χ3n) is 3.68. The zero-order valence-electron chi connectivity index (χ0n) is 14.1. The molecule has 2 rings (SSSR count). The number of nitro benzene ring substituents is 1. The van der Waals surface area contributed by atoms with Gasteiger partial charge in [-0.1, -0.05) is 12.1 Å². The normalized spacial score (nSPS) is 11.5. The lowest BCUT2D eigenvalue weighted by atomic mass is 10.1. The lowest BCUT2D eigenvalue weighted by molar-refractivity contribution is -0.384. The standard InChI is InChI=1S/C18H18N2O5/c1-12(21)14-5-4-6-17(11-14)25-13(2)18(22)19(3)15-7-9-16(10-8-15)20(23)24/h4-11,13H,1-3H3. The predicted octanol–water partition coefficient (Wildman–Crippen LogP) is 3.23. The number of carbonyl (C=O) groups excluding carboxylic acids is 2. The number of nitro groups is 1. The number of hydrogen-bond donors (Lipinski definition) is 0. The summed E-state index contributed by atoms with van der Waals surface area (Å²) in [5.74, 6) is 0.0140. The van der Waals surface area contributed by atoms with Gasteiger partial charge >= 0.3 is 0 Å². The van der Waals surface area contributed by atoms with Crippen molar-refractivity contribution < 1.29 is 19.2 Å². The molecule has 2 aromatic carbocycles. The van der Waals surface area contributed by atoms with Crippen LogP contribution in [-0.2, 0) is 4.79 Å². The summed E-state index contributed by atoms with van der Waals surface area (Å²) < 4.78 is 5.62. The Morgan fingerprint density at radius 3 is 2.36 bits per heavy atom. The maximum atomic E-state index is 12.5. The maximum absolute atomic E-state index is 12.5. The van der Waals surface area contributed by atoms with Gasteiger partial charge in [-0.15, -0.1) is 0 Å². The van der Waals surface area contributed by atoms with Gasteiger partial charge in [0.05, 0.1) is 4.92 Å². The van der Waals surface area contributed by atoms with Crippen molar-refractivity contribution in [2.75, 3.05) is 11.9 Å². The van der Waals surface area contributed by atoms with Gasteiger partial charge < -0.3 is 9.64 Å². The van der Waals surface area contributed by atoms with Crippen molar-refractivity contribution in [2.24, 2.45) is 0 Å². The van der Waals surface area contributed by atoms with Crippen LogP contribution in [0.3, 0.4) is 0 Å². The van der Waals surface area contributed by atoms with Gasteiger partial charge in [-0.05, 0) is 38.1 Å². The maximum Gasteiger partial charge on any atom is 0.269 e. The van der Waals surface area contributed by atoms with E-state index in [1.807, 2.05) is 0 Å². The third kappa shape index (κ3) is 4.41. The molecule has 2 aromatic rings. The summed E-state index contributed by atoms with van der Waals surface area (Å²) >= 11 is 0. The molecule has 0 bridgehead atoms. The Labute approximate surface area is 145 Å². The van der Waals surface area contributed by atoms with Crippen molar-refractivity contribution in [3.05, 3.63) is 64.2 Å². The van der Waals surface area contributed by atoms with E-state index in [0.29, 0.717) is 17.0 Å². The van der Waals surface area contributed by atoms with Crippen molar-refractivity contribution in [1.29, 1.82) is 0 Å². The molecule has 1 unspecified atom stereocenters. The molecule has 25 heavy (non-hydrogen) atoms. The number of likely N-dealkylation sites (N-methyl/N-ethyl adjacent to an activating group) is 1. The van der Waals surface area contributed by atoms with Gasteiger partial charge in [0, 0.05) is 30.4 Å². The van der Waals surface area contributed by atoms with E-state index >= 15 is 0 Å². The highest BCUT2D eigenvalue weighted by molar-refractivity contribution is 5.96. The average molecular weight is 342 g/mol. The minimum absolute atomic E-state index is 0.0463. The number of Topliss-reactive ketones (excluding diaryl/α,β-unsaturated/α-hetero) is 1. The van der Waals surface area contributed by atoms with Gasteiger partial charge in [0.15, 0.2) is 11.9 Å². The number of amides is 1. The summed E-state index contributed by atoms with van der Waals surface area (Å²) in [6.07, 6.45) is -0.789. The molecule has 7 nitrogen and oxygen atoms in total. The summed E-state index contributed by atoms with van der Waals surface area (Å²) in [4.78, 5) is 35.4. The number of hydrogen-bond acceptors (Lipinski definition) is 5. The van der Waals surface area contributed by atoms with Crippen LogP contribution >= 0.6 is 0 Å². The van der Waals surface area contributed by atoms with Gasteiger partial charge in [-0.2, -0.15) is 0 Å². The highest BCUT2D eigenvalue weighted by Gasteiger charge is 2.21. The first kappa shape index (κ1) is 18.1. The Morgan fingerprint density at radius 1 is 1.16 bits per heavy atom. The number of ether oxygens (including phenoxy) is 1. The van der Waals surface area contributed by atoms with E-state index in [0.717, 1.165) is 0 Å². The van der Waals surface area contributed by atoms with Gasteiger partial charge in [-0.25, -0.2) is 0 Å². The fourth-order valence-corrected chi connectivity index (χ4v) is 2.24. The number of benzene rings is 2. The number of non-ortho nitro benzene ring substituents is 1. The summed E-state index contributed by atoms with van der Waals surface area (Å²) in [5, 5.41) is 10.7. The molecule has 0 saturated carbocycles. The van der Waals surface area contributed by atoms with E-state index < -0.39 is 11.0 Å². The Hall–Kier alpha value is -3.22. The lowest BCUT2D eigenvalue weighted by Crippen LogP contribution is -2.38. The van der Waals surface area contributed by atoms with Crippen molar-refractivity contribution in [1.82, 2.24) is 0 Å². The average Bonchev–Trinajstić information content (AvgIpc) is 2.60.